The lowest BCUT2D eigenvalue weighted by Crippen LogP contribution is -2.67. The van der Waals surface area contributed by atoms with Crippen LogP contribution in [0.1, 0.15) is 35.9 Å². The summed E-state index contributed by atoms with van der Waals surface area (Å²) in [4.78, 5) is 14.2. The summed E-state index contributed by atoms with van der Waals surface area (Å²) in [5.74, 6) is 0.632. The quantitative estimate of drug-likeness (QED) is 0.834. The Morgan fingerprint density at radius 3 is 3.10 bits per heavy atom. The third kappa shape index (κ3) is 2.23. The molecule has 0 saturated carbocycles. The van der Waals surface area contributed by atoms with E-state index in [0.29, 0.717) is 37.4 Å². The molecule has 0 aromatic carbocycles. The van der Waals surface area contributed by atoms with E-state index in [1.807, 2.05) is 6.92 Å². The molecule has 2 fully saturated rings. The topological polar surface area (TPSA) is 64.8 Å². The fourth-order valence-electron chi connectivity index (χ4n) is 3.06. The molecule has 0 N–H and O–H groups in total. The van der Waals surface area contributed by atoms with Crippen molar-refractivity contribution in [1.82, 2.24) is 10.1 Å². The van der Waals surface area contributed by atoms with E-state index in [9.17, 15) is 4.79 Å². The van der Waals surface area contributed by atoms with Gasteiger partial charge >= 0.3 is 0 Å². The van der Waals surface area contributed by atoms with E-state index >= 15 is 0 Å². The van der Waals surface area contributed by atoms with Crippen LogP contribution in [0.2, 0.25) is 0 Å². The van der Waals surface area contributed by atoms with Gasteiger partial charge in [0.25, 0.3) is 5.91 Å². The zero-order valence-electron chi connectivity index (χ0n) is 11.9. The fraction of sp³-hybridized carbons (Fsp3) is 0.714. The Kier molecular flexibility index (Phi) is 3.52. The molecule has 0 bridgehead atoms. The Bertz CT molecular complexity index is 493. The van der Waals surface area contributed by atoms with Crippen LogP contribution in [0.3, 0.4) is 0 Å². The Balaban J connectivity index is 1.64. The largest absolute Gasteiger partial charge is 0.381 e. The SMILES string of the molecule is CCc1oncc1C(=O)N1CC2(C[C@H](OC)CCO2)C1. The van der Waals surface area contributed by atoms with Crippen LogP contribution in [0.15, 0.2) is 10.7 Å². The highest BCUT2D eigenvalue weighted by Crippen LogP contribution is 2.36. The number of aryl methyl sites for hydroxylation is 1. The van der Waals surface area contributed by atoms with Crippen LogP contribution in [-0.4, -0.2) is 54.5 Å². The highest BCUT2D eigenvalue weighted by Gasteiger charge is 2.49. The van der Waals surface area contributed by atoms with Crippen LogP contribution in [0.5, 0.6) is 0 Å². The zero-order valence-corrected chi connectivity index (χ0v) is 11.9. The molecule has 0 unspecified atom stereocenters. The number of rotatable bonds is 3. The number of amides is 1. The lowest BCUT2D eigenvalue weighted by atomic mass is 9.84. The van der Waals surface area contributed by atoms with E-state index in [4.69, 9.17) is 14.0 Å². The Labute approximate surface area is 118 Å². The van der Waals surface area contributed by atoms with Crippen molar-refractivity contribution in [2.45, 2.75) is 37.9 Å². The normalized spacial score (nSPS) is 24.7. The molecule has 110 valence electrons. The van der Waals surface area contributed by atoms with Crippen molar-refractivity contribution in [3.8, 4) is 0 Å². The minimum absolute atomic E-state index is 0.0168. The summed E-state index contributed by atoms with van der Waals surface area (Å²) in [6.07, 6.45) is 4.20. The standard InChI is InChI=1S/C14H20N2O4/c1-3-12-11(7-15-20-12)13(17)16-8-14(9-16)6-10(18-2)4-5-19-14/h7,10H,3-6,8-9H2,1-2H3/t10-/m1/s1. The maximum Gasteiger partial charge on any atom is 0.259 e. The number of methoxy groups -OCH3 is 1. The number of nitrogens with zero attached hydrogens (tertiary/aromatic N) is 2. The van der Waals surface area contributed by atoms with Crippen LogP contribution in [-0.2, 0) is 15.9 Å². The molecule has 0 radical (unpaired) electrons. The van der Waals surface area contributed by atoms with Gasteiger partial charge in [-0.3, -0.25) is 4.79 Å². The Morgan fingerprint density at radius 2 is 2.40 bits per heavy atom. The van der Waals surface area contributed by atoms with E-state index in [-0.39, 0.29) is 17.6 Å². The number of aromatic nitrogens is 1. The third-order valence-electron chi connectivity index (χ3n) is 4.22. The first-order valence-electron chi connectivity index (χ1n) is 7.07. The van der Waals surface area contributed by atoms with Crippen molar-refractivity contribution in [2.24, 2.45) is 0 Å². The minimum Gasteiger partial charge on any atom is -0.381 e. The van der Waals surface area contributed by atoms with Crippen LogP contribution >= 0.6 is 0 Å². The average molecular weight is 280 g/mol. The highest BCUT2D eigenvalue weighted by atomic mass is 16.5. The molecule has 3 rings (SSSR count). The molecule has 1 amide bonds. The van der Waals surface area contributed by atoms with E-state index in [1.165, 1.54) is 6.20 Å². The maximum absolute atomic E-state index is 12.4. The average Bonchev–Trinajstić information content (AvgIpc) is 2.92. The highest BCUT2D eigenvalue weighted by molar-refractivity contribution is 5.95. The monoisotopic (exact) mass is 280 g/mol. The van der Waals surface area contributed by atoms with Gasteiger partial charge in [-0.1, -0.05) is 12.1 Å². The van der Waals surface area contributed by atoms with Crippen LogP contribution in [0.4, 0.5) is 0 Å². The summed E-state index contributed by atoms with van der Waals surface area (Å²) in [6.45, 7) is 3.90. The van der Waals surface area contributed by atoms with Gasteiger partial charge in [-0.2, -0.15) is 0 Å². The van der Waals surface area contributed by atoms with Crippen molar-refractivity contribution in [3.63, 3.8) is 0 Å². The molecule has 6 heteroatoms. The number of likely N-dealkylation sites (tertiary alicyclic amines) is 1. The fourth-order valence-corrected chi connectivity index (χ4v) is 3.06. The number of hydrogen-bond acceptors (Lipinski definition) is 5. The molecular weight excluding hydrogens is 260 g/mol. The smallest absolute Gasteiger partial charge is 0.259 e. The van der Waals surface area contributed by atoms with Gasteiger partial charge in [-0.25, -0.2) is 0 Å². The predicted octanol–water partition coefficient (Wildman–Crippen LogP) is 1.26. The van der Waals surface area contributed by atoms with Gasteiger partial charge in [0.1, 0.15) is 16.9 Å². The third-order valence-corrected chi connectivity index (χ3v) is 4.22. The maximum atomic E-state index is 12.4. The number of carbonyl (C=O) groups excluding carboxylic acids is 1. The summed E-state index contributed by atoms with van der Waals surface area (Å²) in [5, 5.41) is 3.71. The molecule has 1 aromatic heterocycles. The van der Waals surface area contributed by atoms with Crippen molar-refractivity contribution in [2.75, 3.05) is 26.8 Å². The minimum atomic E-state index is -0.210. The Hall–Kier alpha value is -1.40. The molecule has 1 spiro atoms. The molecule has 20 heavy (non-hydrogen) atoms. The van der Waals surface area contributed by atoms with Gasteiger partial charge in [0.2, 0.25) is 0 Å². The van der Waals surface area contributed by atoms with Crippen LogP contribution < -0.4 is 0 Å². The summed E-state index contributed by atoms with van der Waals surface area (Å²) in [5.41, 5.74) is 0.361. The van der Waals surface area contributed by atoms with Crippen molar-refractivity contribution in [3.05, 3.63) is 17.5 Å². The molecule has 3 heterocycles. The number of carbonyl (C=O) groups is 1. The molecule has 6 nitrogen and oxygen atoms in total. The van der Waals surface area contributed by atoms with Gasteiger partial charge in [-0.05, 0) is 6.42 Å². The second-order valence-electron chi connectivity index (χ2n) is 5.56. The molecule has 1 aromatic rings. The molecule has 2 aliphatic rings. The van der Waals surface area contributed by atoms with Gasteiger partial charge in [0, 0.05) is 26.6 Å². The van der Waals surface area contributed by atoms with E-state index in [0.717, 1.165) is 12.8 Å². The van der Waals surface area contributed by atoms with Gasteiger partial charge in [0.05, 0.1) is 25.4 Å². The van der Waals surface area contributed by atoms with Crippen molar-refractivity contribution in [1.29, 1.82) is 0 Å². The van der Waals surface area contributed by atoms with Crippen molar-refractivity contribution < 1.29 is 18.8 Å². The molecular formula is C14H20N2O4. The molecule has 2 aliphatic heterocycles. The first-order valence-corrected chi connectivity index (χ1v) is 7.07. The summed E-state index contributed by atoms with van der Waals surface area (Å²) < 4.78 is 16.4. The van der Waals surface area contributed by atoms with Crippen LogP contribution in [0, 0.1) is 0 Å². The summed E-state index contributed by atoms with van der Waals surface area (Å²) in [7, 11) is 1.73. The molecule has 0 aliphatic carbocycles. The lowest BCUT2D eigenvalue weighted by molar-refractivity contribution is -0.181. The van der Waals surface area contributed by atoms with E-state index in [1.54, 1.807) is 12.0 Å². The number of hydrogen-bond donors (Lipinski definition) is 0. The molecule has 2 saturated heterocycles. The van der Waals surface area contributed by atoms with Gasteiger partial charge < -0.3 is 18.9 Å². The first-order chi connectivity index (χ1) is 9.67. The second-order valence-corrected chi connectivity index (χ2v) is 5.56. The van der Waals surface area contributed by atoms with E-state index < -0.39 is 0 Å². The summed E-state index contributed by atoms with van der Waals surface area (Å²) in [6, 6.07) is 0. The van der Waals surface area contributed by atoms with E-state index in [2.05, 4.69) is 5.16 Å². The second kappa shape index (κ2) is 5.18. The lowest BCUT2D eigenvalue weighted by Gasteiger charge is -2.52. The van der Waals surface area contributed by atoms with Gasteiger partial charge in [-0.15, -0.1) is 0 Å². The summed E-state index contributed by atoms with van der Waals surface area (Å²) >= 11 is 0. The first kappa shape index (κ1) is 13.6. The zero-order chi connectivity index (χ0) is 14.2. The predicted molar refractivity (Wildman–Crippen MR) is 70.5 cm³/mol. The van der Waals surface area contributed by atoms with Crippen LogP contribution in [0.25, 0.3) is 0 Å². The van der Waals surface area contributed by atoms with Crippen molar-refractivity contribution >= 4 is 5.91 Å². The Morgan fingerprint density at radius 1 is 1.60 bits per heavy atom. The number of ether oxygens (including phenoxy) is 2. The molecule has 1 atom stereocenters. The van der Waals surface area contributed by atoms with Gasteiger partial charge in [0.15, 0.2) is 0 Å².